The van der Waals surface area contributed by atoms with Gasteiger partial charge < -0.3 is 10.2 Å². The predicted octanol–water partition coefficient (Wildman–Crippen LogP) is -3.07. The summed E-state index contributed by atoms with van der Waals surface area (Å²) in [6.45, 7) is -1.75. The zero-order chi connectivity index (χ0) is 16.3. The summed E-state index contributed by atoms with van der Waals surface area (Å²) in [6, 6.07) is 0. The first-order valence-electron chi connectivity index (χ1n) is 5.52. The normalized spacial score (nSPS) is 10.3. The molecule has 0 amide bonds. The summed E-state index contributed by atoms with van der Waals surface area (Å²) in [6.07, 6.45) is 0. The Morgan fingerprint density at radius 1 is 0.762 bits per heavy atom. The van der Waals surface area contributed by atoms with E-state index < -0.39 is 54.4 Å². The molecule has 1 aromatic rings. The summed E-state index contributed by atoms with van der Waals surface area (Å²) < 4.78 is 0.667. The van der Waals surface area contributed by atoms with Crippen LogP contribution < -0.4 is 17.1 Å². The fourth-order valence-electron chi connectivity index (χ4n) is 1.58. The fourth-order valence-corrected chi connectivity index (χ4v) is 1.58. The molecule has 11 heteroatoms. The summed E-state index contributed by atoms with van der Waals surface area (Å²) >= 11 is 0. The summed E-state index contributed by atoms with van der Waals surface area (Å²) in [5.74, 6) is -3.68. The molecule has 11 nitrogen and oxygen atoms in total. The first-order chi connectivity index (χ1) is 9.65. The van der Waals surface area contributed by atoms with E-state index in [0.717, 1.165) is 6.92 Å². The number of ketones is 1. The second-order valence-electron chi connectivity index (χ2n) is 4.10. The number of carbonyl (C=O) groups is 3. The smallest absolute Gasteiger partial charge is 0.337 e. The number of aromatic nitrogens is 3. The number of rotatable bonds is 6. The Hall–Kier alpha value is -2.98. The van der Waals surface area contributed by atoms with Crippen LogP contribution in [0.4, 0.5) is 0 Å². The van der Waals surface area contributed by atoms with Crippen molar-refractivity contribution in [2.24, 2.45) is 0 Å². The van der Waals surface area contributed by atoms with Crippen molar-refractivity contribution in [2.75, 3.05) is 0 Å². The van der Waals surface area contributed by atoms with Gasteiger partial charge in [0.25, 0.3) is 0 Å². The van der Waals surface area contributed by atoms with E-state index in [2.05, 4.69) is 0 Å². The molecule has 0 radical (unpaired) electrons. The molecular formula is C10H11N3O8. The van der Waals surface area contributed by atoms with Crippen LogP contribution in [0.25, 0.3) is 0 Å². The maximum atomic E-state index is 11.9. The van der Waals surface area contributed by atoms with Crippen molar-refractivity contribution >= 4 is 17.7 Å². The fraction of sp³-hybridized carbons (Fsp3) is 0.400. The number of carboxylic acid groups (broad SMARTS) is 2. The highest BCUT2D eigenvalue weighted by molar-refractivity contribution is 5.75. The summed E-state index contributed by atoms with van der Waals surface area (Å²) in [4.78, 5) is 67.9. The van der Waals surface area contributed by atoms with E-state index in [0.29, 0.717) is 4.57 Å². The van der Waals surface area contributed by atoms with Crippen LogP contribution >= 0.6 is 0 Å². The lowest BCUT2D eigenvalue weighted by Crippen LogP contribution is -2.56. The second kappa shape index (κ2) is 5.98. The third kappa shape index (κ3) is 3.52. The van der Waals surface area contributed by atoms with Crippen LogP contribution in [-0.2, 0) is 34.0 Å². The lowest BCUT2D eigenvalue weighted by molar-refractivity contribution is -0.138. The molecule has 1 heterocycles. The number of Topliss-reactive ketones (excluding diaryl/α,β-unsaturated/α-hetero) is 1. The highest BCUT2D eigenvalue weighted by atomic mass is 16.4. The summed E-state index contributed by atoms with van der Waals surface area (Å²) in [5, 5.41) is 17.3. The third-order valence-electron chi connectivity index (χ3n) is 2.35. The van der Waals surface area contributed by atoms with E-state index in [1.54, 1.807) is 0 Å². The van der Waals surface area contributed by atoms with E-state index in [1.807, 2.05) is 0 Å². The minimum absolute atomic E-state index is 0.176. The van der Waals surface area contributed by atoms with Crippen molar-refractivity contribution < 1.29 is 24.6 Å². The lowest BCUT2D eigenvalue weighted by Gasteiger charge is -2.10. The Morgan fingerprint density at radius 3 is 1.29 bits per heavy atom. The molecule has 0 aromatic carbocycles. The van der Waals surface area contributed by atoms with E-state index in [1.165, 1.54) is 0 Å². The molecule has 1 aromatic heterocycles. The van der Waals surface area contributed by atoms with Crippen molar-refractivity contribution in [3.8, 4) is 0 Å². The van der Waals surface area contributed by atoms with Crippen LogP contribution in [0.3, 0.4) is 0 Å². The number of aliphatic carboxylic acids is 2. The Kier molecular flexibility index (Phi) is 4.58. The number of hydrogen-bond acceptors (Lipinski definition) is 6. The molecule has 0 saturated heterocycles. The maximum Gasteiger partial charge on any atom is 0.337 e. The van der Waals surface area contributed by atoms with Crippen LogP contribution in [0.2, 0.25) is 0 Å². The van der Waals surface area contributed by atoms with Crippen LogP contribution in [0.1, 0.15) is 6.92 Å². The molecule has 0 aliphatic rings. The number of hydrogen-bond donors (Lipinski definition) is 2. The molecule has 0 unspecified atom stereocenters. The second-order valence-corrected chi connectivity index (χ2v) is 4.10. The predicted molar refractivity (Wildman–Crippen MR) is 65.2 cm³/mol. The molecule has 0 saturated carbocycles. The van der Waals surface area contributed by atoms with Crippen LogP contribution in [0, 0.1) is 0 Å². The minimum atomic E-state index is -1.54. The van der Waals surface area contributed by atoms with Gasteiger partial charge in [0, 0.05) is 0 Å². The van der Waals surface area contributed by atoms with Gasteiger partial charge in [-0.1, -0.05) is 0 Å². The van der Waals surface area contributed by atoms with E-state index >= 15 is 0 Å². The summed E-state index contributed by atoms with van der Waals surface area (Å²) in [5.41, 5.74) is -3.94. The van der Waals surface area contributed by atoms with Gasteiger partial charge in [0.1, 0.15) is 18.9 Å². The standard InChI is InChI=1S/C10H11N3O8/c1-5(14)2-11-8(19)12(3-6(15)16)10(21)13(9(11)20)4-7(17)18/h2-4H2,1H3,(H,15,16)(H,17,18). The molecule has 2 N–H and O–H groups in total. The molecule has 0 fully saturated rings. The van der Waals surface area contributed by atoms with Gasteiger partial charge in [0.2, 0.25) is 0 Å². The number of carboxylic acids is 2. The number of carbonyl (C=O) groups excluding carboxylic acids is 1. The van der Waals surface area contributed by atoms with E-state index in [9.17, 15) is 28.8 Å². The first kappa shape index (κ1) is 16.1. The third-order valence-corrected chi connectivity index (χ3v) is 2.35. The Bertz CT molecular complexity index is 646. The molecule has 21 heavy (non-hydrogen) atoms. The highest BCUT2D eigenvalue weighted by Gasteiger charge is 2.19. The first-order valence-corrected chi connectivity index (χ1v) is 5.52. The van der Waals surface area contributed by atoms with Gasteiger partial charge in [0.05, 0.1) is 6.54 Å². The Labute approximate surface area is 115 Å². The SMILES string of the molecule is CC(=O)Cn1c(=O)n(CC(=O)O)c(=O)n(CC(=O)O)c1=O. The van der Waals surface area contributed by atoms with Gasteiger partial charge in [-0.15, -0.1) is 0 Å². The molecule has 0 atom stereocenters. The van der Waals surface area contributed by atoms with Crippen LogP contribution in [0.15, 0.2) is 14.4 Å². The molecule has 1 rings (SSSR count). The zero-order valence-corrected chi connectivity index (χ0v) is 10.8. The molecule has 0 aliphatic carbocycles. The van der Waals surface area contributed by atoms with Gasteiger partial charge >= 0.3 is 29.0 Å². The van der Waals surface area contributed by atoms with Crippen LogP contribution in [0.5, 0.6) is 0 Å². The largest absolute Gasteiger partial charge is 0.480 e. The van der Waals surface area contributed by atoms with Crippen molar-refractivity contribution in [3.05, 3.63) is 31.5 Å². The zero-order valence-electron chi connectivity index (χ0n) is 10.8. The van der Waals surface area contributed by atoms with Gasteiger partial charge in [-0.25, -0.2) is 28.1 Å². The minimum Gasteiger partial charge on any atom is -0.480 e. The van der Waals surface area contributed by atoms with Crippen molar-refractivity contribution in [1.29, 1.82) is 0 Å². The van der Waals surface area contributed by atoms with Crippen molar-refractivity contribution in [1.82, 2.24) is 13.7 Å². The molecular weight excluding hydrogens is 290 g/mol. The average molecular weight is 301 g/mol. The van der Waals surface area contributed by atoms with Crippen molar-refractivity contribution in [3.63, 3.8) is 0 Å². The Balaban J connectivity index is 3.73. The van der Waals surface area contributed by atoms with Crippen LogP contribution in [-0.4, -0.2) is 41.6 Å². The van der Waals surface area contributed by atoms with Gasteiger partial charge in [-0.05, 0) is 6.92 Å². The molecule has 0 bridgehead atoms. The maximum absolute atomic E-state index is 11.9. The molecule has 0 spiro atoms. The molecule has 114 valence electrons. The number of nitrogens with zero attached hydrogens (tertiary/aromatic N) is 3. The van der Waals surface area contributed by atoms with E-state index in [4.69, 9.17) is 10.2 Å². The highest BCUT2D eigenvalue weighted by Crippen LogP contribution is 1.80. The Morgan fingerprint density at radius 2 is 1.05 bits per heavy atom. The van der Waals surface area contributed by atoms with Crippen molar-refractivity contribution in [2.45, 2.75) is 26.6 Å². The van der Waals surface area contributed by atoms with Gasteiger partial charge in [-0.3, -0.25) is 14.4 Å². The van der Waals surface area contributed by atoms with Gasteiger partial charge in [-0.2, -0.15) is 0 Å². The summed E-state index contributed by atoms with van der Waals surface area (Å²) in [7, 11) is 0. The molecule has 0 aliphatic heterocycles. The topological polar surface area (TPSA) is 158 Å². The monoisotopic (exact) mass is 301 g/mol. The quantitative estimate of drug-likeness (QED) is 0.560. The lowest BCUT2D eigenvalue weighted by atomic mass is 10.4. The van der Waals surface area contributed by atoms with Gasteiger partial charge in [0.15, 0.2) is 0 Å². The average Bonchev–Trinajstić information content (AvgIpc) is 2.35. The van der Waals surface area contributed by atoms with E-state index in [-0.39, 0.29) is 9.13 Å².